The van der Waals surface area contributed by atoms with Crippen LogP contribution in [-0.2, 0) is 4.74 Å². The number of likely N-dealkylation sites (tertiary alicyclic amines) is 1. The lowest BCUT2D eigenvalue weighted by Gasteiger charge is -2.33. The van der Waals surface area contributed by atoms with Gasteiger partial charge in [0, 0.05) is 13.1 Å². The Morgan fingerprint density at radius 1 is 1.53 bits per heavy atom. The standard InChI is InChI=1S/C11H22N2O2/c1-3-15-11(14)13-6-4-10(5-7-13)9(2)8-12/h9-10H,3-8,12H2,1-2H3. The molecule has 2 N–H and O–H groups in total. The first-order valence-corrected chi connectivity index (χ1v) is 5.80. The molecular weight excluding hydrogens is 192 g/mol. The van der Waals surface area contributed by atoms with Crippen molar-refractivity contribution in [2.75, 3.05) is 26.2 Å². The number of carbonyl (C=O) groups is 1. The van der Waals surface area contributed by atoms with Crippen molar-refractivity contribution in [1.29, 1.82) is 0 Å². The van der Waals surface area contributed by atoms with E-state index >= 15 is 0 Å². The molecule has 88 valence electrons. The van der Waals surface area contributed by atoms with Gasteiger partial charge >= 0.3 is 6.09 Å². The number of hydrogen-bond acceptors (Lipinski definition) is 3. The summed E-state index contributed by atoms with van der Waals surface area (Å²) in [7, 11) is 0. The summed E-state index contributed by atoms with van der Waals surface area (Å²) in [5.41, 5.74) is 5.64. The van der Waals surface area contributed by atoms with Gasteiger partial charge in [-0.3, -0.25) is 0 Å². The SMILES string of the molecule is CCOC(=O)N1CCC(C(C)CN)CC1. The average Bonchev–Trinajstić information content (AvgIpc) is 2.28. The van der Waals surface area contributed by atoms with E-state index in [0.29, 0.717) is 18.4 Å². The fourth-order valence-electron chi connectivity index (χ4n) is 2.06. The lowest BCUT2D eigenvalue weighted by Crippen LogP contribution is -2.40. The van der Waals surface area contributed by atoms with Crippen LogP contribution in [0.25, 0.3) is 0 Å². The van der Waals surface area contributed by atoms with Gasteiger partial charge in [0.1, 0.15) is 0 Å². The van der Waals surface area contributed by atoms with Crippen LogP contribution in [0.3, 0.4) is 0 Å². The van der Waals surface area contributed by atoms with Crippen molar-refractivity contribution >= 4 is 6.09 Å². The van der Waals surface area contributed by atoms with Crippen LogP contribution in [0.1, 0.15) is 26.7 Å². The molecule has 1 unspecified atom stereocenters. The molecule has 1 aliphatic heterocycles. The zero-order valence-electron chi connectivity index (χ0n) is 9.74. The monoisotopic (exact) mass is 214 g/mol. The second-order valence-electron chi connectivity index (χ2n) is 4.24. The lowest BCUT2D eigenvalue weighted by atomic mass is 9.86. The molecule has 0 aromatic heterocycles. The summed E-state index contributed by atoms with van der Waals surface area (Å²) in [6, 6.07) is 0. The van der Waals surface area contributed by atoms with Crippen molar-refractivity contribution < 1.29 is 9.53 Å². The minimum absolute atomic E-state index is 0.170. The molecule has 0 aromatic rings. The summed E-state index contributed by atoms with van der Waals surface area (Å²) >= 11 is 0. The molecule has 4 nitrogen and oxygen atoms in total. The fraction of sp³-hybridized carbons (Fsp3) is 0.909. The van der Waals surface area contributed by atoms with Crippen LogP contribution >= 0.6 is 0 Å². The zero-order chi connectivity index (χ0) is 11.3. The maximum atomic E-state index is 11.4. The molecule has 1 atom stereocenters. The molecule has 1 fully saturated rings. The van der Waals surface area contributed by atoms with Crippen LogP contribution in [0.15, 0.2) is 0 Å². The minimum Gasteiger partial charge on any atom is -0.450 e. The maximum absolute atomic E-state index is 11.4. The number of nitrogens with two attached hydrogens (primary N) is 1. The van der Waals surface area contributed by atoms with E-state index < -0.39 is 0 Å². The van der Waals surface area contributed by atoms with E-state index in [1.54, 1.807) is 4.90 Å². The predicted octanol–water partition coefficient (Wildman–Crippen LogP) is 1.45. The van der Waals surface area contributed by atoms with Crippen molar-refractivity contribution in [2.45, 2.75) is 26.7 Å². The lowest BCUT2D eigenvalue weighted by molar-refractivity contribution is 0.0859. The molecule has 1 aliphatic rings. The third-order valence-corrected chi connectivity index (χ3v) is 3.24. The highest BCUT2D eigenvalue weighted by molar-refractivity contribution is 5.67. The van der Waals surface area contributed by atoms with E-state index in [2.05, 4.69) is 6.92 Å². The molecule has 0 bridgehead atoms. The summed E-state index contributed by atoms with van der Waals surface area (Å²) in [4.78, 5) is 13.2. The Bertz CT molecular complexity index is 201. The highest BCUT2D eigenvalue weighted by atomic mass is 16.6. The zero-order valence-corrected chi connectivity index (χ0v) is 9.74. The van der Waals surface area contributed by atoms with E-state index in [0.717, 1.165) is 32.5 Å². The second kappa shape index (κ2) is 5.95. The van der Waals surface area contributed by atoms with Crippen LogP contribution in [0, 0.1) is 11.8 Å². The summed E-state index contributed by atoms with van der Waals surface area (Å²) in [5.74, 6) is 1.23. The van der Waals surface area contributed by atoms with E-state index in [1.807, 2.05) is 6.92 Å². The molecule has 0 saturated carbocycles. The number of amides is 1. The molecular formula is C11H22N2O2. The molecule has 0 aliphatic carbocycles. The van der Waals surface area contributed by atoms with Gasteiger partial charge in [0.15, 0.2) is 0 Å². The van der Waals surface area contributed by atoms with E-state index in [-0.39, 0.29) is 6.09 Å². The molecule has 0 spiro atoms. The highest BCUT2D eigenvalue weighted by Crippen LogP contribution is 2.24. The van der Waals surface area contributed by atoms with Gasteiger partial charge in [-0.2, -0.15) is 0 Å². The van der Waals surface area contributed by atoms with Crippen molar-refractivity contribution in [1.82, 2.24) is 4.90 Å². The van der Waals surface area contributed by atoms with Gasteiger partial charge in [-0.25, -0.2) is 4.79 Å². The number of rotatable bonds is 3. The van der Waals surface area contributed by atoms with Crippen molar-refractivity contribution in [3.05, 3.63) is 0 Å². The van der Waals surface area contributed by atoms with Gasteiger partial charge < -0.3 is 15.4 Å². The first kappa shape index (κ1) is 12.3. The van der Waals surface area contributed by atoms with Crippen LogP contribution in [-0.4, -0.2) is 37.2 Å². The Morgan fingerprint density at radius 3 is 2.60 bits per heavy atom. The Hall–Kier alpha value is -0.770. The van der Waals surface area contributed by atoms with E-state index in [1.165, 1.54) is 0 Å². The molecule has 4 heteroatoms. The number of hydrogen-bond donors (Lipinski definition) is 1. The summed E-state index contributed by atoms with van der Waals surface area (Å²) in [6.07, 6.45) is 1.94. The summed E-state index contributed by atoms with van der Waals surface area (Å²) < 4.78 is 4.97. The molecule has 1 rings (SSSR count). The molecule has 1 heterocycles. The average molecular weight is 214 g/mol. The number of ether oxygens (including phenoxy) is 1. The van der Waals surface area contributed by atoms with Crippen LogP contribution in [0.4, 0.5) is 4.79 Å². The number of piperidine rings is 1. The molecule has 0 radical (unpaired) electrons. The first-order valence-electron chi connectivity index (χ1n) is 5.80. The van der Waals surface area contributed by atoms with Gasteiger partial charge in [0.05, 0.1) is 6.61 Å². The molecule has 15 heavy (non-hydrogen) atoms. The Labute approximate surface area is 91.8 Å². The first-order chi connectivity index (χ1) is 7.19. The van der Waals surface area contributed by atoms with Gasteiger partial charge in [-0.05, 0) is 38.1 Å². The van der Waals surface area contributed by atoms with Crippen molar-refractivity contribution in [3.8, 4) is 0 Å². The fourth-order valence-corrected chi connectivity index (χ4v) is 2.06. The van der Waals surface area contributed by atoms with Crippen molar-refractivity contribution in [3.63, 3.8) is 0 Å². The third-order valence-electron chi connectivity index (χ3n) is 3.24. The largest absolute Gasteiger partial charge is 0.450 e. The van der Waals surface area contributed by atoms with Gasteiger partial charge in [-0.1, -0.05) is 6.92 Å². The van der Waals surface area contributed by atoms with Crippen LogP contribution in [0.2, 0.25) is 0 Å². The quantitative estimate of drug-likeness (QED) is 0.773. The Kier molecular flexibility index (Phi) is 4.88. The number of nitrogens with zero attached hydrogens (tertiary/aromatic N) is 1. The third kappa shape index (κ3) is 3.38. The van der Waals surface area contributed by atoms with Gasteiger partial charge in [-0.15, -0.1) is 0 Å². The molecule has 1 amide bonds. The summed E-state index contributed by atoms with van der Waals surface area (Å²) in [6.45, 7) is 6.84. The Morgan fingerprint density at radius 2 is 2.13 bits per heavy atom. The van der Waals surface area contributed by atoms with E-state index in [9.17, 15) is 4.79 Å². The van der Waals surface area contributed by atoms with Crippen LogP contribution in [0.5, 0.6) is 0 Å². The van der Waals surface area contributed by atoms with E-state index in [4.69, 9.17) is 10.5 Å². The smallest absolute Gasteiger partial charge is 0.409 e. The second-order valence-corrected chi connectivity index (χ2v) is 4.24. The Balaban J connectivity index is 2.32. The normalized spacial score (nSPS) is 20.1. The summed E-state index contributed by atoms with van der Waals surface area (Å²) in [5, 5.41) is 0. The van der Waals surface area contributed by atoms with Gasteiger partial charge in [0.2, 0.25) is 0 Å². The van der Waals surface area contributed by atoms with Gasteiger partial charge in [0.25, 0.3) is 0 Å². The topological polar surface area (TPSA) is 55.6 Å². The molecule has 0 aromatic carbocycles. The minimum atomic E-state index is -0.170. The van der Waals surface area contributed by atoms with Crippen LogP contribution < -0.4 is 5.73 Å². The highest BCUT2D eigenvalue weighted by Gasteiger charge is 2.26. The predicted molar refractivity (Wildman–Crippen MR) is 59.5 cm³/mol. The number of carbonyl (C=O) groups excluding carboxylic acids is 1. The van der Waals surface area contributed by atoms with Crippen molar-refractivity contribution in [2.24, 2.45) is 17.6 Å². The molecule has 1 saturated heterocycles. The maximum Gasteiger partial charge on any atom is 0.409 e.